The topological polar surface area (TPSA) is 70.8 Å². The third-order valence-electron chi connectivity index (χ3n) is 13.2. The van der Waals surface area contributed by atoms with Crippen LogP contribution in [0, 0.1) is 58.2 Å². The molecule has 210 valence electrons. The van der Waals surface area contributed by atoms with Crippen molar-refractivity contribution in [3.05, 3.63) is 0 Å². The zero-order chi connectivity index (χ0) is 26.3. The molecule has 6 fully saturated rings. The summed E-state index contributed by atoms with van der Waals surface area (Å²) in [7, 11) is 0. The summed E-state index contributed by atoms with van der Waals surface area (Å²) in [5.41, 5.74) is 6.85. The number of nitrogens with two attached hydrogens (primary N) is 1. The maximum Gasteiger partial charge on any atom is 0.323 e. The molecule has 0 aromatic heterocycles. The number of ether oxygens (including phenoxy) is 3. The molecular formula is C32H53NO4. The first kappa shape index (κ1) is 26.6. The van der Waals surface area contributed by atoms with Gasteiger partial charge in [0.15, 0.2) is 5.79 Å². The summed E-state index contributed by atoms with van der Waals surface area (Å²) in [6.07, 6.45) is 12.5. The van der Waals surface area contributed by atoms with Crippen molar-refractivity contribution in [1.82, 2.24) is 0 Å². The van der Waals surface area contributed by atoms with Gasteiger partial charge in [-0.15, -0.1) is 0 Å². The summed E-state index contributed by atoms with van der Waals surface area (Å²) in [6.45, 7) is 14.8. The first-order valence-corrected chi connectivity index (χ1v) is 15.8. The Morgan fingerprint density at radius 3 is 2.41 bits per heavy atom. The maximum absolute atomic E-state index is 12.6. The van der Waals surface area contributed by atoms with Gasteiger partial charge in [0.2, 0.25) is 0 Å². The molecule has 13 atom stereocenters. The lowest BCUT2D eigenvalue weighted by Gasteiger charge is -2.61. The Labute approximate surface area is 225 Å². The summed E-state index contributed by atoms with van der Waals surface area (Å²) in [4.78, 5) is 12.6. The fourth-order valence-electron chi connectivity index (χ4n) is 10.9. The standard InChI is InChI=1S/C32H53NO4/c1-18(2)28(33)29(34)36-22-10-12-30(5)21(15-22)7-8-23-24(30)11-13-31(6)25(23)16-26-27(31)20(4)32(37-26)14-9-19(3)17-35-32/h18-28H,7-17,33H2,1-6H3/t19-,20+,21?,22+,23-,24+,25+,26+,27+,28?,30+,31+,32-/m1/s1. The molecule has 5 heteroatoms. The molecule has 0 aromatic rings. The highest BCUT2D eigenvalue weighted by Crippen LogP contribution is 2.71. The Kier molecular flexibility index (Phi) is 6.60. The van der Waals surface area contributed by atoms with Crippen LogP contribution >= 0.6 is 0 Å². The third-order valence-corrected chi connectivity index (χ3v) is 13.2. The minimum atomic E-state index is -0.506. The van der Waals surface area contributed by atoms with Crippen LogP contribution in [0.5, 0.6) is 0 Å². The van der Waals surface area contributed by atoms with Gasteiger partial charge < -0.3 is 19.9 Å². The highest BCUT2D eigenvalue weighted by atomic mass is 16.7. The van der Waals surface area contributed by atoms with Crippen molar-refractivity contribution in [3.8, 4) is 0 Å². The van der Waals surface area contributed by atoms with Crippen molar-refractivity contribution in [1.29, 1.82) is 0 Å². The zero-order valence-electron chi connectivity index (χ0n) is 24.3. The minimum absolute atomic E-state index is 0.0512. The number of esters is 1. The average Bonchev–Trinajstić information content (AvgIpc) is 3.30. The Balaban J connectivity index is 1.15. The van der Waals surface area contributed by atoms with Gasteiger partial charge in [0.05, 0.1) is 12.7 Å². The molecule has 6 rings (SSSR count). The Bertz CT molecular complexity index is 882. The Morgan fingerprint density at radius 2 is 1.70 bits per heavy atom. The lowest BCUT2D eigenvalue weighted by molar-refractivity contribution is -0.273. The molecule has 1 spiro atoms. The Hall–Kier alpha value is -0.650. The van der Waals surface area contributed by atoms with Gasteiger partial charge in [-0.25, -0.2) is 0 Å². The smallest absolute Gasteiger partial charge is 0.323 e. The van der Waals surface area contributed by atoms with Gasteiger partial charge in [-0.1, -0.05) is 41.5 Å². The molecular weight excluding hydrogens is 462 g/mol. The van der Waals surface area contributed by atoms with E-state index in [1.165, 1.54) is 44.9 Å². The second-order valence-corrected chi connectivity index (χ2v) is 15.3. The number of carbonyl (C=O) groups excluding carboxylic acids is 1. The molecule has 2 unspecified atom stereocenters. The number of hydrogen-bond acceptors (Lipinski definition) is 5. The predicted molar refractivity (Wildman–Crippen MR) is 144 cm³/mol. The molecule has 2 heterocycles. The molecule has 2 aliphatic heterocycles. The van der Waals surface area contributed by atoms with E-state index in [9.17, 15) is 4.79 Å². The summed E-state index contributed by atoms with van der Waals surface area (Å²) in [6, 6.07) is -0.506. The van der Waals surface area contributed by atoms with Crippen LogP contribution < -0.4 is 5.73 Å². The average molecular weight is 516 g/mol. The highest BCUT2D eigenvalue weighted by molar-refractivity contribution is 5.75. The van der Waals surface area contributed by atoms with Crippen LogP contribution in [0.2, 0.25) is 0 Å². The van der Waals surface area contributed by atoms with E-state index >= 15 is 0 Å². The van der Waals surface area contributed by atoms with Gasteiger partial charge in [-0.2, -0.15) is 0 Å². The van der Waals surface area contributed by atoms with E-state index in [0.717, 1.165) is 43.6 Å². The van der Waals surface area contributed by atoms with Crippen LogP contribution in [0.25, 0.3) is 0 Å². The molecule has 2 N–H and O–H groups in total. The van der Waals surface area contributed by atoms with Crippen LogP contribution in [0.15, 0.2) is 0 Å². The van der Waals surface area contributed by atoms with Gasteiger partial charge in [0.25, 0.3) is 0 Å². The van der Waals surface area contributed by atoms with Crippen LogP contribution in [-0.2, 0) is 19.0 Å². The summed E-state index contributed by atoms with van der Waals surface area (Å²) in [5, 5.41) is 0. The van der Waals surface area contributed by atoms with E-state index < -0.39 is 6.04 Å². The molecule has 0 aromatic carbocycles. The molecule has 0 radical (unpaired) electrons. The van der Waals surface area contributed by atoms with Crippen molar-refractivity contribution in [2.45, 2.75) is 130 Å². The molecule has 0 amide bonds. The number of rotatable bonds is 3. The van der Waals surface area contributed by atoms with Crippen molar-refractivity contribution in [2.75, 3.05) is 6.61 Å². The van der Waals surface area contributed by atoms with Crippen molar-refractivity contribution < 1.29 is 19.0 Å². The molecule has 4 aliphatic carbocycles. The summed E-state index contributed by atoms with van der Waals surface area (Å²) < 4.78 is 19.4. The van der Waals surface area contributed by atoms with E-state index in [-0.39, 0.29) is 23.8 Å². The molecule has 37 heavy (non-hydrogen) atoms. The molecule has 4 saturated carbocycles. The van der Waals surface area contributed by atoms with Gasteiger partial charge >= 0.3 is 5.97 Å². The van der Waals surface area contributed by atoms with Gasteiger partial charge in [0, 0.05) is 12.3 Å². The molecule has 0 bridgehead atoms. The normalized spacial score (nSPS) is 53.8. The van der Waals surface area contributed by atoms with Crippen molar-refractivity contribution in [3.63, 3.8) is 0 Å². The SMILES string of the molecule is CC(C)C(N)C(=O)O[C@H]1CC[C@@]2(C)C(CC[C@H]3[C@@H]4C[C@@H]5O[C@]6(CC[C@@H](C)CO6)[C@@H](C)[C@@H]5[C@@]4(C)CC[C@@H]32)C1. The van der Waals surface area contributed by atoms with E-state index in [4.69, 9.17) is 19.9 Å². The second-order valence-electron chi connectivity index (χ2n) is 15.3. The molecule has 2 saturated heterocycles. The number of hydrogen-bond donors (Lipinski definition) is 1. The molecule has 6 aliphatic rings. The first-order valence-electron chi connectivity index (χ1n) is 15.8. The monoisotopic (exact) mass is 515 g/mol. The van der Waals surface area contributed by atoms with E-state index in [0.29, 0.717) is 40.6 Å². The maximum atomic E-state index is 12.6. The van der Waals surface area contributed by atoms with E-state index in [1.807, 2.05) is 13.8 Å². The van der Waals surface area contributed by atoms with E-state index in [2.05, 4.69) is 27.7 Å². The second kappa shape index (κ2) is 9.20. The first-order chi connectivity index (χ1) is 17.5. The van der Waals surface area contributed by atoms with E-state index in [1.54, 1.807) is 0 Å². The van der Waals surface area contributed by atoms with Gasteiger partial charge in [-0.05, 0) is 110 Å². The quantitative estimate of drug-likeness (QED) is 0.445. The summed E-state index contributed by atoms with van der Waals surface area (Å²) >= 11 is 0. The fraction of sp³-hybridized carbons (Fsp3) is 0.969. The van der Waals surface area contributed by atoms with Gasteiger partial charge in [-0.3, -0.25) is 4.79 Å². The lowest BCUT2D eigenvalue weighted by atomic mass is 9.44. The van der Waals surface area contributed by atoms with Crippen molar-refractivity contribution >= 4 is 5.97 Å². The zero-order valence-corrected chi connectivity index (χ0v) is 24.3. The third kappa shape index (κ3) is 3.98. The predicted octanol–water partition coefficient (Wildman–Crippen LogP) is 6.33. The molecule has 5 nitrogen and oxygen atoms in total. The van der Waals surface area contributed by atoms with Gasteiger partial charge in [0.1, 0.15) is 12.1 Å². The highest BCUT2D eigenvalue weighted by Gasteiger charge is 2.69. The minimum Gasteiger partial charge on any atom is -0.461 e. The van der Waals surface area contributed by atoms with Crippen LogP contribution in [0.3, 0.4) is 0 Å². The van der Waals surface area contributed by atoms with Crippen LogP contribution in [0.1, 0.15) is 106 Å². The number of carbonyl (C=O) groups is 1. The number of fused-ring (bicyclic) bond motifs is 7. The van der Waals surface area contributed by atoms with Crippen LogP contribution in [0.4, 0.5) is 0 Å². The Morgan fingerprint density at radius 1 is 0.946 bits per heavy atom. The fourth-order valence-corrected chi connectivity index (χ4v) is 10.9. The van der Waals surface area contributed by atoms with Crippen LogP contribution in [-0.4, -0.2) is 36.6 Å². The van der Waals surface area contributed by atoms with Crippen molar-refractivity contribution in [2.24, 2.45) is 63.9 Å². The lowest BCUT2D eigenvalue weighted by Crippen LogP contribution is -2.55. The summed E-state index contributed by atoms with van der Waals surface area (Å²) in [5.74, 6) is 4.44. The largest absolute Gasteiger partial charge is 0.461 e.